The number of piperidine rings is 1. The summed E-state index contributed by atoms with van der Waals surface area (Å²) in [6.07, 6.45) is 7.18. The van der Waals surface area contributed by atoms with Crippen LogP contribution in [-0.2, 0) is 7.05 Å². The minimum absolute atomic E-state index is 0.0486. The summed E-state index contributed by atoms with van der Waals surface area (Å²) in [5.41, 5.74) is 3.88. The molecule has 6 rings (SSSR count). The fourth-order valence-electron chi connectivity index (χ4n) is 6.69. The maximum atomic E-state index is 13.4. The number of hydrogen-bond acceptors (Lipinski definition) is 5. The third-order valence-electron chi connectivity index (χ3n) is 8.59. The number of benzene rings is 1. The Morgan fingerprint density at radius 2 is 1.91 bits per heavy atom. The minimum Gasteiger partial charge on any atom is -0.339 e. The van der Waals surface area contributed by atoms with Crippen LogP contribution in [0.25, 0.3) is 11.0 Å². The van der Waals surface area contributed by atoms with E-state index in [2.05, 4.69) is 29.1 Å². The number of aromatic nitrogens is 4. The van der Waals surface area contributed by atoms with Crippen LogP contribution in [0.3, 0.4) is 0 Å². The molecule has 1 amide bonds. The molecule has 1 saturated carbocycles. The summed E-state index contributed by atoms with van der Waals surface area (Å²) in [6.45, 7) is 6.47. The van der Waals surface area contributed by atoms with Gasteiger partial charge in [-0.3, -0.25) is 9.48 Å². The first kappa shape index (κ1) is 22.9. The van der Waals surface area contributed by atoms with Crippen molar-refractivity contribution in [1.29, 1.82) is 0 Å². The molecule has 1 N–H and O–H groups in total. The smallest absolute Gasteiger partial charge is 0.253 e. The third kappa shape index (κ3) is 3.84. The number of carbonyl (C=O) groups excluding carboxylic acids is 1. The Morgan fingerprint density at radius 1 is 1.20 bits per heavy atom. The van der Waals surface area contributed by atoms with E-state index in [1.54, 1.807) is 0 Å². The van der Waals surface area contributed by atoms with Gasteiger partial charge in [-0.2, -0.15) is 5.10 Å². The van der Waals surface area contributed by atoms with Crippen molar-refractivity contribution in [3.05, 3.63) is 52.1 Å². The fraction of sp³-hybridized carbons (Fsp3) is 0.556. The van der Waals surface area contributed by atoms with Crippen LogP contribution in [-0.4, -0.2) is 54.7 Å². The Morgan fingerprint density at radius 3 is 2.60 bits per heavy atom. The number of nitrogens with one attached hydrogen (secondary N) is 1. The highest BCUT2D eigenvalue weighted by atomic mass is 35.5. The van der Waals surface area contributed by atoms with E-state index in [1.165, 1.54) is 12.8 Å². The van der Waals surface area contributed by atoms with Gasteiger partial charge in [-0.1, -0.05) is 17.7 Å². The number of carbonyl (C=O) groups is 1. The molecule has 7 nitrogen and oxygen atoms in total. The Hall–Kier alpha value is -2.51. The van der Waals surface area contributed by atoms with Gasteiger partial charge in [0.25, 0.3) is 5.91 Å². The summed E-state index contributed by atoms with van der Waals surface area (Å²) in [5, 5.41) is 10.2. The highest BCUT2D eigenvalue weighted by molar-refractivity contribution is 6.31. The van der Waals surface area contributed by atoms with Gasteiger partial charge in [0.15, 0.2) is 5.65 Å². The van der Waals surface area contributed by atoms with Gasteiger partial charge in [0.1, 0.15) is 5.82 Å². The molecular formula is C27H33ClN6O. The summed E-state index contributed by atoms with van der Waals surface area (Å²) in [5.74, 6) is 1.38. The molecule has 1 aromatic carbocycles. The number of nitrogens with zero attached hydrogens (tertiary/aromatic N) is 5. The lowest BCUT2D eigenvalue weighted by atomic mass is 9.84. The van der Waals surface area contributed by atoms with Crippen LogP contribution >= 0.6 is 11.6 Å². The molecule has 3 fully saturated rings. The molecule has 2 bridgehead atoms. The van der Waals surface area contributed by atoms with Gasteiger partial charge in [0.05, 0.1) is 11.1 Å². The zero-order chi connectivity index (χ0) is 24.7. The molecule has 8 heteroatoms. The molecule has 2 aromatic heterocycles. The zero-order valence-electron chi connectivity index (χ0n) is 21.1. The topological polar surface area (TPSA) is 75.9 Å². The molecule has 4 heterocycles. The van der Waals surface area contributed by atoms with Crippen molar-refractivity contribution < 1.29 is 4.79 Å². The number of amides is 1. The predicted molar refractivity (Wildman–Crippen MR) is 137 cm³/mol. The maximum Gasteiger partial charge on any atom is 0.253 e. The Kier molecular flexibility index (Phi) is 5.07. The van der Waals surface area contributed by atoms with E-state index in [-0.39, 0.29) is 23.0 Å². The van der Waals surface area contributed by atoms with Crippen LogP contribution in [0.1, 0.15) is 85.2 Å². The van der Waals surface area contributed by atoms with E-state index in [4.69, 9.17) is 16.7 Å². The number of aryl methyl sites for hydroxylation is 2. The Balaban J connectivity index is 1.20. The van der Waals surface area contributed by atoms with Gasteiger partial charge >= 0.3 is 0 Å². The van der Waals surface area contributed by atoms with E-state index >= 15 is 0 Å². The summed E-state index contributed by atoms with van der Waals surface area (Å²) < 4.78 is 1.84. The van der Waals surface area contributed by atoms with Crippen molar-refractivity contribution in [3.63, 3.8) is 0 Å². The Labute approximate surface area is 211 Å². The molecular weight excluding hydrogens is 460 g/mol. The number of halogens is 1. The molecule has 3 aromatic rings. The lowest BCUT2D eigenvalue weighted by Gasteiger charge is -2.45. The Bertz CT molecular complexity index is 1330. The van der Waals surface area contributed by atoms with E-state index in [0.29, 0.717) is 22.4 Å². The standard InChI is InChI=1S/C27H33ClN6O/c1-15-29-14-21-23(31-34(5)24(21)30-15)20-11-19(20)18-7-6-16(10-22(18)28)25(35)33(4)17-12-26(2)8-9-27(3,13-17)32-26/h6-7,10,14,17,19-20,32H,8-9,11-13H2,1-5H3/t17?,19-,20+,26-,27+/m1/s1. The highest BCUT2D eigenvalue weighted by Crippen LogP contribution is 2.57. The van der Waals surface area contributed by atoms with Crippen LogP contribution in [0.5, 0.6) is 0 Å². The summed E-state index contributed by atoms with van der Waals surface area (Å²) in [6, 6.07) is 6.06. The van der Waals surface area contributed by atoms with E-state index in [1.807, 2.05) is 55.0 Å². The molecule has 35 heavy (non-hydrogen) atoms. The van der Waals surface area contributed by atoms with Crippen molar-refractivity contribution in [2.24, 2.45) is 7.05 Å². The monoisotopic (exact) mass is 492 g/mol. The van der Waals surface area contributed by atoms with Crippen LogP contribution in [0.4, 0.5) is 0 Å². The number of rotatable bonds is 4. The highest BCUT2D eigenvalue weighted by Gasteiger charge is 2.50. The zero-order valence-corrected chi connectivity index (χ0v) is 21.9. The maximum absolute atomic E-state index is 13.4. The fourth-order valence-corrected chi connectivity index (χ4v) is 7.01. The lowest BCUT2D eigenvalue weighted by Crippen LogP contribution is -2.59. The molecule has 2 saturated heterocycles. The van der Waals surface area contributed by atoms with E-state index in [0.717, 1.165) is 47.4 Å². The molecule has 1 aliphatic carbocycles. The SMILES string of the molecule is Cc1ncc2c([C@H]3C[C@@H]3c3ccc(C(=O)N(C)C4C[C@]5(C)CC[C@](C)(C4)N5)cc3Cl)nn(C)c2n1. The van der Waals surface area contributed by atoms with Crippen molar-refractivity contribution in [1.82, 2.24) is 30.0 Å². The lowest BCUT2D eigenvalue weighted by molar-refractivity contribution is 0.0597. The van der Waals surface area contributed by atoms with Gasteiger partial charge in [-0.25, -0.2) is 9.97 Å². The average Bonchev–Trinajstić information content (AvgIpc) is 3.47. The third-order valence-corrected chi connectivity index (χ3v) is 8.92. The van der Waals surface area contributed by atoms with E-state index < -0.39 is 0 Å². The second kappa shape index (κ2) is 7.74. The molecule has 0 radical (unpaired) electrons. The summed E-state index contributed by atoms with van der Waals surface area (Å²) in [4.78, 5) is 24.3. The van der Waals surface area contributed by atoms with Crippen LogP contribution in [0.2, 0.25) is 5.02 Å². The molecule has 1 unspecified atom stereocenters. The average molecular weight is 493 g/mol. The molecule has 184 valence electrons. The van der Waals surface area contributed by atoms with Crippen molar-refractivity contribution in [2.45, 2.75) is 81.8 Å². The minimum atomic E-state index is 0.0486. The van der Waals surface area contributed by atoms with Crippen molar-refractivity contribution in [3.8, 4) is 0 Å². The normalized spacial score (nSPS) is 31.7. The van der Waals surface area contributed by atoms with Gasteiger partial charge in [0, 0.05) is 53.9 Å². The number of hydrogen-bond donors (Lipinski definition) is 1. The molecule has 3 aliphatic rings. The van der Waals surface area contributed by atoms with Gasteiger partial charge < -0.3 is 10.2 Å². The second-order valence-electron chi connectivity index (χ2n) is 11.6. The van der Waals surface area contributed by atoms with Crippen molar-refractivity contribution >= 4 is 28.5 Å². The number of fused-ring (bicyclic) bond motifs is 3. The van der Waals surface area contributed by atoms with Crippen LogP contribution < -0.4 is 5.32 Å². The van der Waals surface area contributed by atoms with Crippen molar-refractivity contribution in [2.75, 3.05) is 7.05 Å². The van der Waals surface area contributed by atoms with Crippen LogP contribution in [0, 0.1) is 6.92 Å². The first-order valence-corrected chi connectivity index (χ1v) is 13.0. The summed E-state index contributed by atoms with van der Waals surface area (Å²) >= 11 is 6.77. The first-order valence-electron chi connectivity index (χ1n) is 12.6. The molecule has 2 aliphatic heterocycles. The molecule has 0 spiro atoms. The first-order chi connectivity index (χ1) is 16.6. The summed E-state index contributed by atoms with van der Waals surface area (Å²) in [7, 11) is 3.87. The van der Waals surface area contributed by atoms with E-state index in [9.17, 15) is 4.79 Å². The quantitative estimate of drug-likeness (QED) is 0.569. The van der Waals surface area contributed by atoms with Gasteiger partial charge in [0.2, 0.25) is 0 Å². The van der Waals surface area contributed by atoms with Gasteiger partial charge in [-0.15, -0.1) is 0 Å². The largest absolute Gasteiger partial charge is 0.339 e. The van der Waals surface area contributed by atoms with Gasteiger partial charge in [-0.05, 0) is 76.5 Å². The predicted octanol–water partition coefficient (Wildman–Crippen LogP) is 4.73. The van der Waals surface area contributed by atoms with Crippen LogP contribution in [0.15, 0.2) is 24.4 Å². The molecule has 5 atom stereocenters. The second-order valence-corrected chi connectivity index (χ2v) is 12.0.